The van der Waals surface area contributed by atoms with Crippen molar-refractivity contribution in [1.29, 1.82) is 0 Å². The van der Waals surface area contributed by atoms with E-state index < -0.39 is 0 Å². The lowest BCUT2D eigenvalue weighted by Gasteiger charge is -2.09. The SMILES string of the molecule is Cc1ccc(NC(=O)c2cc(Br)ccc2Cl)cc1C. The standard InChI is InChI=1S/C15H13BrClNO/c1-9-3-5-12(7-10(9)2)18-15(19)13-8-11(16)4-6-14(13)17/h3-8H,1-2H3,(H,18,19). The molecule has 2 aromatic rings. The largest absolute Gasteiger partial charge is 0.322 e. The second kappa shape index (κ2) is 5.76. The molecule has 0 bridgehead atoms. The van der Waals surface area contributed by atoms with Crippen LogP contribution in [0.3, 0.4) is 0 Å². The fourth-order valence-electron chi connectivity index (χ4n) is 1.69. The van der Waals surface area contributed by atoms with Crippen LogP contribution in [0.25, 0.3) is 0 Å². The van der Waals surface area contributed by atoms with E-state index in [9.17, 15) is 4.79 Å². The summed E-state index contributed by atoms with van der Waals surface area (Å²) in [4.78, 5) is 12.2. The Balaban J connectivity index is 2.25. The third-order valence-electron chi connectivity index (χ3n) is 2.94. The van der Waals surface area contributed by atoms with E-state index in [1.165, 1.54) is 5.56 Å². The molecule has 0 aliphatic carbocycles. The van der Waals surface area contributed by atoms with Crippen LogP contribution in [0.15, 0.2) is 40.9 Å². The summed E-state index contributed by atoms with van der Waals surface area (Å²) in [6.07, 6.45) is 0. The minimum Gasteiger partial charge on any atom is -0.322 e. The number of carbonyl (C=O) groups excluding carboxylic acids is 1. The molecule has 0 unspecified atom stereocenters. The van der Waals surface area contributed by atoms with Gasteiger partial charge in [0.05, 0.1) is 10.6 Å². The van der Waals surface area contributed by atoms with Gasteiger partial charge in [0.25, 0.3) is 5.91 Å². The molecule has 0 heterocycles. The summed E-state index contributed by atoms with van der Waals surface area (Å²) in [6.45, 7) is 4.04. The normalized spacial score (nSPS) is 10.3. The summed E-state index contributed by atoms with van der Waals surface area (Å²) in [6, 6.07) is 11.0. The molecule has 0 fully saturated rings. The fourth-order valence-corrected chi connectivity index (χ4v) is 2.25. The van der Waals surface area contributed by atoms with Crippen molar-refractivity contribution in [1.82, 2.24) is 0 Å². The second-order valence-electron chi connectivity index (χ2n) is 4.38. The molecule has 1 amide bonds. The Hall–Kier alpha value is -1.32. The van der Waals surface area contributed by atoms with E-state index in [2.05, 4.69) is 21.2 Å². The maximum absolute atomic E-state index is 12.2. The molecule has 0 aliphatic heterocycles. The summed E-state index contributed by atoms with van der Waals surface area (Å²) in [5, 5.41) is 3.28. The van der Waals surface area contributed by atoms with Gasteiger partial charge in [-0.15, -0.1) is 0 Å². The summed E-state index contributed by atoms with van der Waals surface area (Å²) in [7, 11) is 0. The number of aryl methyl sites for hydroxylation is 2. The quantitative estimate of drug-likeness (QED) is 0.823. The molecule has 0 spiro atoms. The monoisotopic (exact) mass is 337 g/mol. The second-order valence-corrected chi connectivity index (χ2v) is 5.70. The van der Waals surface area contributed by atoms with Crippen LogP contribution < -0.4 is 5.32 Å². The Morgan fingerprint density at radius 2 is 1.84 bits per heavy atom. The average Bonchev–Trinajstić information content (AvgIpc) is 2.36. The number of anilines is 1. The fraction of sp³-hybridized carbons (Fsp3) is 0.133. The van der Waals surface area contributed by atoms with Crippen molar-refractivity contribution >= 4 is 39.1 Å². The Bertz CT molecular complexity index is 640. The van der Waals surface area contributed by atoms with Gasteiger partial charge in [0.1, 0.15) is 0 Å². The number of benzene rings is 2. The van der Waals surface area contributed by atoms with E-state index in [0.29, 0.717) is 10.6 Å². The molecule has 2 aromatic carbocycles. The zero-order valence-corrected chi connectivity index (χ0v) is 13.0. The minimum absolute atomic E-state index is 0.213. The first-order valence-electron chi connectivity index (χ1n) is 5.81. The molecule has 19 heavy (non-hydrogen) atoms. The highest BCUT2D eigenvalue weighted by atomic mass is 79.9. The van der Waals surface area contributed by atoms with Gasteiger partial charge in [-0.2, -0.15) is 0 Å². The lowest BCUT2D eigenvalue weighted by Crippen LogP contribution is -2.12. The lowest BCUT2D eigenvalue weighted by atomic mass is 10.1. The number of hydrogen-bond acceptors (Lipinski definition) is 1. The molecule has 0 aromatic heterocycles. The molecule has 98 valence electrons. The van der Waals surface area contributed by atoms with Crippen LogP contribution in [0.1, 0.15) is 21.5 Å². The van der Waals surface area contributed by atoms with E-state index in [0.717, 1.165) is 15.7 Å². The zero-order valence-electron chi connectivity index (χ0n) is 10.6. The Labute approximate surface area is 125 Å². The third kappa shape index (κ3) is 3.37. The molecule has 0 saturated carbocycles. The lowest BCUT2D eigenvalue weighted by molar-refractivity contribution is 0.102. The van der Waals surface area contributed by atoms with Crippen molar-refractivity contribution in [3.8, 4) is 0 Å². The number of nitrogens with one attached hydrogen (secondary N) is 1. The maximum atomic E-state index is 12.2. The predicted octanol–water partition coefficient (Wildman–Crippen LogP) is 4.97. The van der Waals surface area contributed by atoms with Crippen molar-refractivity contribution in [3.63, 3.8) is 0 Å². The Kier molecular flexibility index (Phi) is 4.27. The molecular weight excluding hydrogens is 326 g/mol. The summed E-state index contributed by atoms with van der Waals surface area (Å²) < 4.78 is 0.821. The number of rotatable bonds is 2. The van der Waals surface area contributed by atoms with E-state index in [1.807, 2.05) is 32.0 Å². The highest BCUT2D eigenvalue weighted by molar-refractivity contribution is 9.10. The van der Waals surface area contributed by atoms with E-state index in [4.69, 9.17) is 11.6 Å². The molecule has 4 heteroatoms. The Morgan fingerprint density at radius 1 is 1.11 bits per heavy atom. The molecule has 2 rings (SSSR count). The number of amides is 1. The van der Waals surface area contributed by atoms with Gasteiger partial charge < -0.3 is 5.32 Å². The van der Waals surface area contributed by atoms with Crippen LogP contribution in [-0.2, 0) is 0 Å². The molecule has 2 nitrogen and oxygen atoms in total. The smallest absolute Gasteiger partial charge is 0.257 e. The number of carbonyl (C=O) groups is 1. The van der Waals surface area contributed by atoms with Crippen LogP contribution in [0.2, 0.25) is 5.02 Å². The van der Waals surface area contributed by atoms with Gasteiger partial charge in [0.15, 0.2) is 0 Å². The molecule has 1 N–H and O–H groups in total. The third-order valence-corrected chi connectivity index (χ3v) is 3.76. The first-order valence-corrected chi connectivity index (χ1v) is 6.98. The van der Waals surface area contributed by atoms with Crippen LogP contribution in [0.4, 0.5) is 5.69 Å². The maximum Gasteiger partial charge on any atom is 0.257 e. The van der Waals surface area contributed by atoms with Gasteiger partial charge in [-0.1, -0.05) is 33.6 Å². The molecule has 0 radical (unpaired) electrons. The first kappa shape index (κ1) is 14.1. The molecule has 0 atom stereocenters. The van der Waals surface area contributed by atoms with Crippen molar-refractivity contribution in [3.05, 3.63) is 62.6 Å². The van der Waals surface area contributed by atoms with Crippen molar-refractivity contribution in [2.75, 3.05) is 5.32 Å². The summed E-state index contributed by atoms with van der Waals surface area (Å²) >= 11 is 9.36. The topological polar surface area (TPSA) is 29.1 Å². The van der Waals surface area contributed by atoms with Crippen LogP contribution >= 0.6 is 27.5 Å². The van der Waals surface area contributed by atoms with Crippen molar-refractivity contribution in [2.24, 2.45) is 0 Å². The van der Waals surface area contributed by atoms with Crippen LogP contribution in [-0.4, -0.2) is 5.91 Å². The van der Waals surface area contributed by atoms with Gasteiger partial charge in [-0.25, -0.2) is 0 Å². The van der Waals surface area contributed by atoms with Crippen LogP contribution in [0, 0.1) is 13.8 Å². The van der Waals surface area contributed by atoms with Gasteiger partial charge in [0.2, 0.25) is 0 Å². The van der Waals surface area contributed by atoms with E-state index in [-0.39, 0.29) is 5.91 Å². The van der Waals surface area contributed by atoms with E-state index >= 15 is 0 Å². The van der Waals surface area contributed by atoms with Crippen molar-refractivity contribution in [2.45, 2.75) is 13.8 Å². The first-order chi connectivity index (χ1) is 8.97. The molecule has 0 aliphatic rings. The molecule has 0 saturated heterocycles. The number of hydrogen-bond donors (Lipinski definition) is 1. The summed E-state index contributed by atoms with van der Waals surface area (Å²) in [5.41, 5.74) is 3.55. The molecular formula is C15H13BrClNO. The average molecular weight is 339 g/mol. The highest BCUT2D eigenvalue weighted by Crippen LogP contribution is 2.22. The van der Waals surface area contributed by atoms with Gasteiger partial charge >= 0.3 is 0 Å². The van der Waals surface area contributed by atoms with E-state index in [1.54, 1.807) is 18.2 Å². The summed E-state index contributed by atoms with van der Waals surface area (Å²) in [5.74, 6) is -0.213. The number of halogens is 2. The van der Waals surface area contributed by atoms with Crippen molar-refractivity contribution < 1.29 is 4.79 Å². The zero-order chi connectivity index (χ0) is 14.0. The van der Waals surface area contributed by atoms with Gasteiger partial charge in [-0.3, -0.25) is 4.79 Å². The predicted molar refractivity (Wildman–Crippen MR) is 83.0 cm³/mol. The van der Waals surface area contributed by atoms with Crippen LogP contribution in [0.5, 0.6) is 0 Å². The van der Waals surface area contributed by atoms with Gasteiger partial charge in [0, 0.05) is 10.2 Å². The Morgan fingerprint density at radius 3 is 2.53 bits per heavy atom. The highest BCUT2D eigenvalue weighted by Gasteiger charge is 2.11. The van der Waals surface area contributed by atoms with Gasteiger partial charge in [-0.05, 0) is 55.3 Å². The minimum atomic E-state index is -0.213.